The lowest BCUT2D eigenvalue weighted by atomic mass is 9.98. The highest BCUT2D eigenvalue weighted by Crippen LogP contribution is 2.37. The molecule has 3 aromatic carbocycles. The summed E-state index contributed by atoms with van der Waals surface area (Å²) >= 11 is -2.31. The van der Waals surface area contributed by atoms with Crippen molar-refractivity contribution in [2.24, 2.45) is 0 Å². The van der Waals surface area contributed by atoms with Crippen molar-refractivity contribution < 1.29 is 13.6 Å². The standard InChI is InChI=1S/C26H27N3O3S/c1-16-6-11-23(29(33(31)32)26-19(4)17(2)12-18(3)20(26)5)14-24(16)28-25(30)13-21-7-9-22(15-27)10-8-21/h6-12,14H,13H2,1-5H3,(H,28,30)(H,31,32). The molecule has 2 N–H and O–H groups in total. The molecule has 0 heterocycles. The third kappa shape index (κ3) is 5.30. The lowest BCUT2D eigenvalue weighted by Crippen LogP contribution is -2.22. The van der Waals surface area contributed by atoms with Gasteiger partial charge in [-0.2, -0.15) is 5.26 Å². The van der Waals surface area contributed by atoms with Gasteiger partial charge in [-0.15, -0.1) is 0 Å². The maximum atomic E-state index is 12.7. The minimum Gasteiger partial charge on any atom is -0.325 e. The summed E-state index contributed by atoms with van der Waals surface area (Å²) in [7, 11) is 0. The maximum absolute atomic E-state index is 12.7. The minimum absolute atomic E-state index is 0.153. The van der Waals surface area contributed by atoms with Crippen LogP contribution in [0.2, 0.25) is 0 Å². The Morgan fingerprint density at radius 2 is 1.58 bits per heavy atom. The van der Waals surface area contributed by atoms with E-state index < -0.39 is 11.3 Å². The van der Waals surface area contributed by atoms with E-state index in [0.717, 1.165) is 33.4 Å². The van der Waals surface area contributed by atoms with Gasteiger partial charge < -0.3 is 5.32 Å². The third-order valence-corrected chi connectivity index (χ3v) is 6.57. The van der Waals surface area contributed by atoms with Crippen LogP contribution in [0.5, 0.6) is 0 Å². The number of aryl methyl sites for hydroxylation is 3. The van der Waals surface area contributed by atoms with Gasteiger partial charge in [-0.3, -0.25) is 9.35 Å². The first-order valence-corrected chi connectivity index (χ1v) is 11.6. The van der Waals surface area contributed by atoms with Crippen LogP contribution >= 0.6 is 0 Å². The Morgan fingerprint density at radius 1 is 0.970 bits per heavy atom. The van der Waals surface area contributed by atoms with Crippen LogP contribution < -0.4 is 9.62 Å². The van der Waals surface area contributed by atoms with Crippen molar-refractivity contribution in [2.75, 3.05) is 9.62 Å². The molecule has 3 rings (SSSR count). The van der Waals surface area contributed by atoms with Crippen LogP contribution in [-0.4, -0.2) is 14.7 Å². The van der Waals surface area contributed by atoms with Gasteiger partial charge in [0.1, 0.15) is 0 Å². The molecular formula is C26H27N3O3S. The highest BCUT2D eigenvalue weighted by atomic mass is 32.2. The van der Waals surface area contributed by atoms with Gasteiger partial charge in [-0.25, -0.2) is 8.51 Å². The molecule has 0 bridgehead atoms. The zero-order valence-electron chi connectivity index (χ0n) is 19.4. The first-order valence-electron chi connectivity index (χ1n) is 10.5. The Balaban J connectivity index is 1.94. The topological polar surface area (TPSA) is 93.4 Å². The molecule has 0 spiro atoms. The van der Waals surface area contributed by atoms with Gasteiger partial charge in [-0.05, 0) is 92.3 Å². The molecule has 1 unspecified atom stereocenters. The Labute approximate surface area is 197 Å². The van der Waals surface area contributed by atoms with E-state index in [2.05, 4.69) is 17.5 Å². The first kappa shape index (κ1) is 24.2. The van der Waals surface area contributed by atoms with Crippen molar-refractivity contribution in [1.29, 1.82) is 5.26 Å². The first-order chi connectivity index (χ1) is 15.6. The van der Waals surface area contributed by atoms with E-state index in [4.69, 9.17) is 5.26 Å². The van der Waals surface area contributed by atoms with Crippen molar-refractivity contribution >= 4 is 34.2 Å². The molecule has 33 heavy (non-hydrogen) atoms. The second kappa shape index (κ2) is 9.99. The molecule has 170 valence electrons. The number of nitrogens with one attached hydrogen (secondary N) is 1. The van der Waals surface area contributed by atoms with E-state index in [1.165, 1.54) is 4.31 Å². The summed E-state index contributed by atoms with van der Waals surface area (Å²) in [6.07, 6.45) is 0.153. The zero-order chi connectivity index (χ0) is 24.3. The van der Waals surface area contributed by atoms with Crippen LogP contribution in [0.1, 0.15) is 38.9 Å². The molecule has 0 saturated carbocycles. The summed E-state index contributed by atoms with van der Waals surface area (Å²) in [4.78, 5) is 12.7. The van der Waals surface area contributed by atoms with Gasteiger partial charge >= 0.3 is 0 Å². The largest absolute Gasteiger partial charge is 0.325 e. The number of carbonyl (C=O) groups is 1. The minimum atomic E-state index is -2.31. The fraction of sp³-hybridized carbons (Fsp3) is 0.231. The molecule has 0 radical (unpaired) electrons. The average molecular weight is 462 g/mol. The van der Waals surface area contributed by atoms with Crippen LogP contribution in [0, 0.1) is 45.9 Å². The molecule has 3 aromatic rings. The van der Waals surface area contributed by atoms with Crippen molar-refractivity contribution in [3.63, 3.8) is 0 Å². The number of rotatable bonds is 6. The number of hydrogen-bond donors (Lipinski definition) is 2. The summed E-state index contributed by atoms with van der Waals surface area (Å²) in [5.41, 5.74) is 7.85. The molecule has 0 fully saturated rings. The summed E-state index contributed by atoms with van der Waals surface area (Å²) in [6, 6.07) is 16.3. The predicted molar refractivity (Wildman–Crippen MR) is 133 cm³/mol. The van der Waals surface area contributed by atoms with Gasteiger partial charge in [0, 0.05) is 5.69 Å². The zero-order valence-corrected chi connectivity index (χ0v) is 20.2. The number of nitrogens with zero attached hydrogens (tertiary/aromatic N) is 2. The number of amides is 1. The van der Waals surface area contributed by atoms with E-state index in [9.17, 15) is 13.6 Å². The molecular weight excluding hydrogens is 434 g/mol. The molecule has 6 nitrogen and oxygen atoms in total. The molecule has 0 aliphatic rings. The van der Waals surface area contributed by atoms with E-state index >= 15 is 0 Å². The average Bonchev–Trinajstić information content (AvgIpc) is 2.77. The number of anilines is 3. The lowest BCUT2D eigenvalue weighted by molar-refractivity contribution is -0.115. The van der Waals surface area contributed by atoms with Crippen LogP contribution in [-0.2, 0) is 22.5 Å². The molecule has 1 atom stereocenters. The quantitative estimate of drug-likeness (QED) is 0.470. The number of hydrogen-bond acceptors (Lipinski definition) is 3. The van der Waals surface area contributed by atoms with Gasteiger partial charge in [0.15, 0.2) is 0 Å². The van der Waals surface area contributed by atoms with Crippen molar-refractivity contribution in [3.8, 4) is 6.07 Å². The highest BCUT2D eigenvalue weighted by molar-refractivity contribution is 7.81. The van der Waals surface area contributed by atoms with Crippen LogP contribution in [0.15, 0.2) is 48.5 Å². The van der Waals surface area contributed by atoms with E-state index in [1.807, 2.05) is 40.7 Å². The molecule has 7 heteroatoms. The summed E-state index contributed by atoms with van der Waals surface area (Å²) in [6.45, 7) is 9.70. The fourth-order valence-corrected chi connectivity index (χ4v) is 4.47. The second-order valence-corrected chi connectivity index (χ2v) is 8.99. The molecule has 0 saturated heterocycles. The summed E-state index contributed by atoms with van der Waals surface area (Å²) in [5, 5.41) is 11.8. The van der Waals surface area contributed by atoms with Gasteiger partial charge in [0.25, 0.3) is 11.3 Å². The normalized spacial score (nSPS) is 11.5. The number of benzene rings is 3. The van der Waals surface area contributed by atoms with E-state index in [0.29, 0.717) is 22.6 Å². The summed E-state index contributed by atoms with van der Waals surface area (Å²) < 4.78 is 24.1. The Bertz CT molecular complexity index is 1250. The van der Waals surface area contributed by atoms with Crippen molar-refractivity contribution in [1.82, 2.24) is 0 Å². The molecule has 0 aromatic heterocycles. The SMILES string of the molecule is Cc1ccc(N(c2c(C)c(C)cc(C)c2C)S(=O)O)cc1NC(=O)Cc1ccc(C#N)cc1. The van der Waals surface area contributed by atoms with Crippen LogP contribution in [0.3, 0.4) is 0 Å². The maximum Gasteiger partial charge on any atom is 0.266 e. The Kier molecular flexibility index (Phi) is 7.32. The van der Waals surface area contributed by atoms with Gasteiger partial charge in [0.2, 0.25) is 5.91 Å². The van der Waals surface area contributed by atoms with Gasteiger partial charge in [-0.1, -0.05) is 24.3 Å². The molecule has 0 aliphatic heterocycles. The number of carbonyl (C=O) groups excluding carboxylic acids is 1. The third-order valence-electron chi connectivity index (χ3n) is 5.86. The Hall–Kier alpha value is -3.47. The second-order valence-electron chi connectivity index (χ2n) is 8.17. The highest BCUT2D eigenvalue weighted by Gasteiger charge is 2.22. The predicted octanol–water partition coefficient (Wildman–Crippen LogP) is 5.56. The monoisotopic (exact) mass is 461 g/mol. The van der Waals surface area contributed by atoms with E-state index in [1.54, 1.807) is 36.4 Å². The summed E-state index contributed by atoms with van der Waals surface area (Å²) in [5.74, 6) is -0.213. The van der Waals surface area contributed by atoms with Crippen LogP contribution in [0.25, 0.3) is 0 Å². The smallest absolute Gasteiger partial charge is 0.266 e. The van der Waals surface area contributed by atoms with Crippen molar-refractivity contribution in [3.05, 3.63) is 87.5 Å². The van der Waals surface area contributed by atoms with Crippen LogP contribution in [0.4, 0.5) is 17.1 Å². The molecule has 0 aliphatic carbocycles. The lowest BCUT2D eigenvalue weighted by Gasteiger charge is -2.27. The fourth-order valence-electron chi connectivity index (χ4n) is 3.75. The van der Waals surface area contributed by atoms with E-state index in [-0.39, 0.29) is 12.3 Å². The number of nitriles is 1. The van der Waals surface area contributed by atoms with Crippen molar-refractivity contribution in [2.45, 2.75) is 41.0 Å². The Morgan fingerprint density at radius 3 is 2.12 bits per heavy atom. The van der Waals surface area contributed by atoms with Gasteiger partial charge in [0.05, 0.1) is 29.4 Å². The molecule has 1 amide bonds.